The first kappa shape index (κ1) is 16.9. The van der Waals surface area contributed by atoms with Crippen molar-refractivity contribution in [2.75, 3.05) is 0 Å². The van der Waals surface area contributed by atoms with Gasteiger partial charge in [-0.15, -0.1) is 0 Å². The summed E-state index contributed by atoms with van der Waals surface area (Å²) in [5.74, 6) is 0. The number of nitrogens with zero attached hydrogens (tertiary/aromatic N) is 2. The monoisotopic (exact) mass is 345 g/mol. The Bertz CT molecular complexity index is 845. The molecule has 6 heteroatoms. The summed E-state index contributed by atoms with van der Waals surface area (Å²) in [5, 5.41) is 24.5. The van der Waals surface area contributed by atoms with Crippen LogP contribution in [0.4, 0.5) is 0 Å². The highest BCUT2D eigenvalue weighted by molar-refractivity contribution is 6.31. The third-order valence-electron chi connectivity index (χ3n) is 4.24. The van der Waals surface area contributed by atoms with Crippen molar-refractivity contribution in [1.29, 1.82) is 0 Å². The number of benzene rings is 1. The number of nitrogens with one attached hydrogen (secondary N) is 1. The Morgan fingerprint density at radius 3 is 2.71 bits per heavy atom. The van der Waals surface area contributed by atoms with Crippen molar-refractivity contribution in [1.82, 2.24) is 14.9 Å². The van der Waals surface area contributed by atoms with Crippen LogP contribution in [0.5, 0.6) is 0 Å². The van der Waals surface area contributed by atoms with Crippen LogP contribution in [-0.4, -0.2) is 19.8 Å². The van der Waals surface area contributed by atoms with E-state index in [1.807, 2.05) is 48.9 Å². The number of rotatable bonds is 5. The molecule has 0 aliphatic rings. The summed E-state index contributed by atoms with van der Waals surface area (Å²) in [6.07, 6.45) is 0.880. The molecule has 0 bridgehead atoms. The van der Waals surface area contributed by atoms with Crippen LogP contribution in [0.3, 0.4) is 0 Å². The van der Waals surface area contributed by atoms with Crippen molar-refractivity contribution in [3.05, 3.63) is 64.6 Å². The van der Waals surface area contributed by atoms with Crippen LogP contribution >= 0.6 is 11.6 Å². The second kappa shape index (κ2) is 6.91. The summed E-state index contributed by atoms with van der Waals surface area (Å²) in [6, 6.07) is 11.2. The van der Waals surface area contributed by atoms with E-state index in [2.05, 4.69) is 10.3 Å². The molecule has 0 aliphatic heterocycles. The number of aromatic nitrogens is 2. The van der Waals surface area contributed by atoms with Gasteiger partial charge in [0.2, 0.25) is 0 Å². The molecule has 3 N–H and O–H groups in total. The maximum Gasteiger partial charge on any atom is 0.146 e. The predicted octanol–water partition coefficient (Wildman–Crippen LogP) is 3.06. The van der Waals surface area contributed by atoms with Gasteiger partial charge in [-0.05, 0) is 36.8 Å². The van der Waals surface area contributed by atoms with Gasteiger partial charge in [0.15, 0.2) is 0 Å². The molecule has 1 unspecified atom stereocenters. The minimum Gasteiger partial charge on any atom is -0.390 e. The van der Waals surface area contributed by atoms with Crippen molar-refractivity contribution in [3.63, 3.8) is 0 Å². The van der Waals surface area contributed by atoms with Gasteiger partial charge < -0.3 is 14.8 Å². The Morgan fingerprint density at radius 2 is 2.04 bits per heavy atom. The van der Waals surface area contributed by atoms with Crippen LogP contribution in [0.2, 0.25) is 5.02 Å². The van der Waals surface area contributed by atoms with Crippen LogP contribution in [0.15, 0.2) is 42.6 Å². The van der Waals surface area contributed by atoms with E-state index in [4.69, 9.17) is 16.7 Å². The van der Waals surface area contributed by atoms with Crippen LogP contribution in [-0.2, 0) is 13.7 Å². The van der Waals surface area contributed by atoms with Crippen molar-refractivity contribution in [3.8, 4) is 0 Å². The molecule has 0 aliphatic carbocycles. The molecule has 2 atom stereocenters. The summed E-state index contributed by atoms with van der Waals surface area (Å²) >= 11 is 6.05. The molecule has 0 radical (unpaired) electrons. The topological polar surface area (TPSA) is 70.3 Å². The molecule has 3 aromatic rings. The Balaban J connectivity index is 1.81. The molecule has 2 heterocycles. The number of fused-ring (bicyclic) bond motifs is 1. The van der Waals surface area contributed by atoms with Crippen LogP contribution in [0, 0.1) is 0 Å². The first-order valence-corrected chi connectivity index (χ1v) is 8.12. The maximum atomic E-state index is 10.6. The fraction of sp³-hybridized carbons (Fsp3) is 0.278. The van der Waals surface area contributed by atoms with Crippen molar-refractivity contribution in [2.24, 2.45) is 7.05 Å². The second-order valence-corrected chi connectivity index (χ2v) is 6.30. The van der Waals surface area contributed by atoms with Crippen molar-refractivity contribution < 1.29 is 10.2 Å². The average Bonchev–Trinajstić information content (AvgIpc) is 2.91. The molecule has 3 rings (SSSR count). The number of hydrogen-bond donors (Lipinski definition) is 3. The van der Waals surface area contributed by atoms with Gasteiger partial charge in [-0.25, -0.2) is 0 Å². The van der Waals surface area contributed by atoms with E-state index >= 15 is 0 Å². The van der Waals surface area contributed by atoms with Gasteiger partial charge in [0.25, 0.3) is 0 Å². The molecular formula is C18H20ClN3O2. The van der Waals surface area contributed by atoms with E-state index < -0.39 is 6.23 Å². The minimum atomic E-state index is -0.825. The molecule has 0 spiro atoms. The first-order chi connectivity index (χ1) is 11.5. The summed E-state index contributed by atoms with van der Waals surface area (Å²) in [5.41, 5.74) is 3.30. The normalized spacial score (nSPS) is 14.0. The number of aliphatic hydroxyl groups is 2. The zero-order valence-electron chi connectivity index (χ0n) is 13.6. The van der Waals surface area contributed by atoms with E-state index in [0.717, 1.165) is 22.2 Å². The number of hydrogen-bond acceptors (Lipinski definition) is 4. The summed E-state index contributed by atoms with van der Waals surface area (Å²) in [6.45, 7) is 1.88. The lowest BCUT2D eigenvalue weighted by molar-refractivity contribution is 0.119. The van der Waals surface area contributed by atoms with E-state index in [9.17, 15) is 5.11 Å². The quantitative estimate of drug-likeness (QED) is 0.621. The van der Waals surface area contributed by atoms with E-state index in [-0.39, 0.29) is 12.6 Å². The van der Waals surface area contributed by atoms with Gasteiger partial charge in [0, 0.05) is 35.2 Å². The van der Waals surface area contributed by atoms with Crippen LogP contribution in [0.25, 0.3) is 10.9 Å². The van der Waals surface area contributed by atoms with E-state index in [0.29, 0.717) is 10.7 Å². The summed E-state index contributed by atoms with van der Waals surface area (Å²) < 4.78 is 1.93. The van der Waals surface area contributed by atoms with Crippen LogP contribution in [0.1, 0.15) is 36.1 Å². The highest BCUT2D eigenvalue weighted by atomic mass is 35.5. The number of pyridine rings is 1. The Kier molecular flexibility index (Phi) is 4.87. The highest BCUT2D eigenvalue weighted by Crippen LogP contribution is 2.26. The molecule has 0 saturated heterocycles. The zero-order chi connectivity index (χ0) is 17.3. The Labute approximate surface area is 145 Å². The third-order valence-corrected chi connectivity index (χ3v) is 4.48. The lowest BCUT2D eigenvalue weighted by atomic mass is 10.1. The number of aryl methyl sites for hydroxylation is 1. The van der Waals surface area contributed by atoms with Gasteiger partial charge in [-0.1, -0.05) is 23.7 Å². The molecule has 5 nitrogen and oxygen atoms in total. The van der Waals surface area contributed by atoms with Gasteiger partial charge in [-0.3, -0.25) is 10.3 Å². The lowest BCUT2D eigenvalue weighted by Gasteiger charge is -2.20. The highest BCUT2D eigenvalue weighted by Gasteiger charge is 2.17. The number of halogens is 1. The van der Waals surface area contributed by atoms with Gasteiger partial charge in [0.05, 0.1) is 18.0 Å². The van der Waals surface area contributed by atoms with Gasteiger partial charge in [0.1, 0.15) is 6.23 Å². The smallest absolute Gasteiger partial charge is 0.146 e. The standard InChI is InChI=1S/C18H20ClN3O2/c1-11(13-4-6-15(10-23)20-9-13)21-18(24)17-7-12-3-5-14(19)8-16(12)22(17)2/h3-9,11,18,21,23-24H,10H2,1-2H3/t11-,18?/m0/s1. The van der Waals surface area contributed by atoms with Crippen molar-refractivity contribution >= 4 is 22.5 Å². The predicted molar refractivity (Wildman–Crippen MR) is 94.6 cm³/mol. The largest absolute Gasteiger partial charge is 0.390 e. The average molecular weight is 346 g/mol. The SMILES string of the molecule is C[C@H](NC(O)c1cc2ccc(Cl)cc2n1C)c1ccc(CO)nc1. The first-order valence-electron chi connectivity index (χ1n) is 7.74. The molecule has 126 valence electrons. The zero-order valence-corrected chi connectivity index (χ0v) is 14.3. The fourth-order valence-electron chi connectivity index (χ4n) is 2.79. The summed E-state index contributed by atoms with van der Waals surface area (Å²) in [4.78, 5) is 4.17. The Morgan fingerprint density at radius 1 is 1.25 bits per heavy atom. The van der Waals surface area contributed by atoms with Crippen molar-refractivity contribution in [2.45, 2.75) is 25.8 Å². The molecule has 2 aromatic heterocycles. The molecule has 0 amide bonds. The molecule has 24 heavy (non-hydrogen) atoms. The molecular weight excluding hydrogens is 326 g/mol. The Hall–Kier alpha value is -1.92. The molecule has 1 aromatic carbocycles. The summed E-state index contributed by atoms with van der Waals surface area (Å²) in [7, 11) is 1.90. The molecule has 0 fully saturated rings. The van der Waals surface area contributed by atoms with Gasteiger partial charge in [-0.2, -0.15) is 0 Å². The second-order valence-electron chi connectivity index (χ2n) is 5.86. The van der Waals surface area contributed by atoms with E-state index in [1.165, 1.54) is 0 Å². The van der Waals surface area contributed by atoms with E-state index in [1.54, 1.807) is 12.3 Å². The fourth-order valence-corrected chi connectivity index (χ4v) is 2.96. The third kappa shape index (κ3) is 3.30. The minimum absolute atomic E-state index is 0.0801. The maximum absolute atomic E-state index is 10.6. The van der Waals surface area contributed by atoms with Gasteiger partial charge >= 0.3 is 0 Å². The molecule has 0 saturated carbocycles. The van der Waals surface area contributed by atoms with Crippen LogP contribution < -0.4 is 5.32 Å². The number of aliphatic hydroxyl groups excluding tert-OH is 2. The lowest BCUT2D eigenvalue weighted by Crippen LogP contribution is -2.26.